The molecule has 0 aliphatic rings. The Balaban J connectivity index is 2.50. The summed E-state index contributed by atoms with van der Waals surface area (Å²) in [6.07, 6.45) is 0.938. The molecule has 4 nitrogen and oxygen atoms in total. The second-order valence-corrected chi connectivity index (χ2v) is 4.13. The van der Waals surface area contributed by atoms with E-state index >= 15 is 0 Å². The van der Waals surface area contributed by atoms with Gasteiger partial charge in [-0.3, -0.25) is 4.79 Å². The van der Waals surface area contributed by atoms with Gasteiger partial charge in [0.1, 0.15) is 0 Å². The van der Waals surface area contributed by atoms with Crippen molar-refractivity contribution in [1.29, 1.82) is 0 Å². The Bertz CT molecular complexity index is 368. The molecule has 1 aromatic carbocycles. The Morgan fingerprint density at radius 1 is 1.44 bits per heavy atom. The molecule has 0 unspecified atom stereocenters. The number of benzene rings is 1. The molecule has 5 heteroatoms. The van der Waals surface area contributed by atoms with Crippen LogP contribution in [0.5, 0.6) is 11.5 Å². The summed E-state index contributed by atoms with van der Waals surface area (Å²) >= 11 is 3.34. The average molecular weight is 288 g/mol. The predicted molar refractivity (Wildman–Crippen MR) is 64.6 cm³/mol. The van der Waals surface area contributed by atoms with E-state index in [1.54, 1.807) is 7.11 Å². The van der Waals surface area contributed by atoms with Gasteiger partial charge in [0.05, 0.1) is 13.7 Å². The Kier molecular flexibility index (Phi) is 5.11. The lowest BCUT2D eigenvalue weighted by atomic mass is 10.3. The molecule has 0 aliphatic carbocycles. The van der Waals surface area contributed by atoms with Crippen LogP contribution in [0.15, 0.2) is 22.7 Å². The monoisotopic (exact) mass is 287 g/mol. The van der Waals surface area contributed by atoms with Crippen molar-refractivity contribution in [3.8, 4) is 11.5 Å². The van der Waals surface area contributed by atoms with Crippen LogP contribution in [-0.2, 0) is 4.79 Å². The molecule has 2 N–H and O–H groups in total. The van der Waals surface area contributed by atoms with E-state index in [1.807, 2.05) is 18.2 Å². The highest BCUT2D eigenvalue weighted by Gasteiger charge is 2.04. The lowest BCUT2D eigenvalue weighted by molar-refractivity contribution is -0.118. The molecule has 0 bridgehead atoms. The summed E-state index contributed by atoms with van der Waals surface area (Å²) in [5.41, 5.74) is 5.02. The summed E-state index contributed by atoms with van der Waals surface area (Å²) in [5.74, 6) is 1.01. The van der Waals surface area contributed by atoms with Gasteiger partial charge in [-0.2, -0.15) is 0 Å². The first-order valence-corrected chi connectivity index (χ1v) is 5.67. The number of carbonyl (C=O) groups is 1. The largest absolute Gasteiger partial charge is 0.493 e. The van der Waals surface area contributed by atoms with Crippen molar-refractivity contribution in [2.45, 2.75) is 12.8 Å². The normalized spacial score (nSPS) is 9.88. The van der Waals surface area contributed by atoms with E-state index in [4.69, 9.17) is 15.2 Å². The van der Waals surface area contributed by atoms with E-state index in [-0.39, 0.29) is 5.91 Å². The minimum atomic E-state index is -0.314. The number of rotatable bonds is 6. The van der Waals surface area contributed by atoms with Gasteiger partial charge in [0.25, 0.3) is 0 Å². The van der Waals surface area contributed by atoms with Crippen LogP contribution in [0.2, 0.25) is 0 Å². The van der Waals surface area contributed by atoms with Gasteiger partial charge in [0.15, 0.2) is 11.5 Å². The highest BCUT2D eigenvalue weighted by Crippen LogP contribution is 2.30. The van der Waals surface area contributed by atoms with Crippen LogP contribution >= 0.6 is 15.9 Å². The lowest BCUT2D eigenvalue weighted by Gasteiger charge is -2.10. The molecule has 0 spiro atoms. The summed E-state index contributed by atoms with van der Waals surface area (Å²) in [4.78, 5) is 10.5. The number of carbonyl (C=O) groups excluding carboxylic acids is 1. The number of halogens is 1. The van der Waals surface area contributed by atoms with Crippen molar-refractivity contribution in [2.75, 3.05) is 13.7 Å². The summed E-state index contributed by atoms with van der Waals surface area (Å²) < 4.78 is 11.6. The zero-order chi connectivity index (χ0) is 12.0. The van der Waals surface area contributed by atoms with Gasteiger partial charge in [-0.15, -0.1) is 0 Å². The van der Waals surface area contributed by atoms with Crippen molar-refractivity contribution < 1.29 is 14.3 Å². The first-order valence-electron chi connectivity index (χ1n) is 4.88. The zero-order valence-electron chi connectivity index (χ0n) is 9.03. The molecule has 0 radical (unpaired) electrons. The topological polar surface area (TPSA) is 61.6 Å². The van der Waals surface area contributed by atoms with Crippen LogP contribution in [0.3, 0.4) is 0 Å². The van der Waals surface area contributed by atoms with Gasteiger partial charge in [-0.25, -0.2) is 0 Å². The van der Waals surface area contributed by atoms with Gasteiger partial charge >= 0.3 is 0 Å². The van der Waals surface area contributed by atoms with Gasteiger partial charge in [-0.1, -0.05) is 15.9 Å². The quantitative estimate of drug-likeness (QED) is 0.815. The number of nitrogens with two attached hydrogens (primary N) is 1. The SMILES string of the molecule is COc1cc(Br)ccc1OCCCC(N)=O. The van der Waals surface area contributed by atoms with Crippen LogP contribution in [0.1, 0.15) is 12.8 Å². The van der Waals surface area contributed by atoms with Crippen molar-refractivity contribution in [3.63, 3.8) is 0 Å². The average Bonchev–Trinajstić information content (AvgIpc) is 2.25. The summed E-state index contributed by atoms with van der Waals surface area (Å²) in [6, 6.07) is 5.50. The van der Waals surface area contributed by atoms with Crippen LogP contribution in [-0.4, -0.2) is 19.6 Å². The van der Waals surface area contributed by atoms with Crippen LogP contribution in [0, 0.1) is 0 Å². The van der Waals surface area contributed by atoms with E-state index in [0.717, 1.165) is 4.47 Å². The first kappa shape index (κ1) is 12.8. The zero-order valence-corrected chi connectivity index (χ0v) is 10.6. The Morgan fingerprint density at radius 2 is 2.19 bits per heavy atom. The third kappa shape index (κ3) is 4.10. The molecule has 16 heavy (non-hydrogen) atoms. The molecule has 88 valence electrons. The third-order valence-electron chi connectivity index (χ3n) is 1.95. The van der Waals surface area contributed by atoms with E-state index in [9.17, 15) is 4.79 Å². The van der Waals surface area contributed by atoms with Gasteiger partial charge in [0.2, 0.25) is 5.91 Å². The Morgan fingerprint density at radius 3 is 2.81 bits per heavy atom. The number of amides is 1. The van der Waals surface area contributed by atoms with Crippen molar-refractivity contribution in [2.24, 2.45) is 5.73 Å². The molecular weight excluding hydrogens is 274 g/mol. The molecule has 0 fully saturated rings. The molecule has 1 amide bonds. The number of hydrogen-bond donors (Lipinski definition) is 1. The highest BCUT2D eigenvalue weighted by molar-refractivity contribution is 9.10. The molecule has 0 saturated carbocycles. The highest BCUT2D eigenvalue weighted by atomic mass is 79.9. The number of methoxy groups -OCH3 is 1. The Labute approximate surface area is 103 Å². The minimum Gasteiger partial charge on any atom is -0.493 e. The maximum atomic E-state index is 10.5. The second-order valence-electron chi connectivity index (χ2n) is 3.21. The maximum Gasteiger partial charge on any atom is 0.217 e. The van der Waals surface area contributed by atoms with Gasteiger partial charge < -0.3 is 15.2 Å². The smallest absolute Gasteiger partial charge is 0.217 e. The van der Waals surface area contributed by atoms with Crippen LogP contribution < -0.4 is 15.2 Å². The molecule has 0 heterocycles. The number of hydrogen-bond acceptors (Lipinski definition) is 3. The first-order chi connectivity index (χ1) is 7.63. The molecule has 1 aromatic rings. The van der Waals surface area contributed by atoms with E-state index in [2.05, 4.69) is 15.9 Å². The summed E-state index contributed by atoms with van der Waals surface area (Å²) in [5, 5.41) is 0. The molecule has 0 aromatic heterocycles. The lowest BCUT2D eigenvalue weighted by Crippen LogP contribution is -2.11. The maximum absolute atomic E-state index is 10.5. The van der Waals surface area contributed by atoms with E-state index in [0.29, 0.717) is 30.9 Å². The van der Waals surface area contributed by atoms with Crippen molar-refractivity contribution >= 4 is 21.8 Å². The summed E-state index contributed by atoms with van der Waals surface area (Å²) in [6.45, 7) is 0.445. The second kappa shape index (κ2) is 6.37. The van der Waals surface area contributed by atoms with Gasteiger partial charge in [-0.05, 0) is 24.6 Å². The molecule has 0 saturated heterocycles. The fourth-order valence-electron chi connectivity index (χ4n) is 1.19. The number of primary amides is 1. The van der Waals surface area contributed by atoms with Crippen molar-refractivity contribution in [1.82, 2.24) is 0 Å². The van der Waals surface area contributed by atoms with Crippen LogP contribution in [0.25, 0.3) is 0 Å². The Hall–Kier alpha value is -1.23. The molecule has 0 aliphatic heterocycles. The van der Waals surface area contributed by atoms with Crippen molar-refractivity contribution in [3.05, 3.63) is 22.7 Å². The van der Waals surface area contributed by atoms with E-state index in [1.165, 1.54) is 0 Å². The van der Waals surface area contributed by atoms with Gasteiger partial charge in [0, 0.05) is 10.9 Å². The van der Waals surface area contributed by atoms with E-state index < -0.39 is 0 Å². The molecule has 0 atom stereocenters. The number of ether oxygens (including phenoxy) is 2. The third-order valence-corrected chi connectivity index (χ3v) is 2.44. The van der Waals surface area contributed by atoms with Crippen LogP contribution in [0.4, 0.5) is 0 Å². The standard InChI is InChI=1S/C11H14BrNO3/c1-15-10-7-8(12)4-5-9(10)16-6-2-3-11(13)14/h4-5,7H,2-3,6H2,1H3,(H2,13,14). The molecular formula is C11H14BrNO3. The fourth-order valence-corrected chi connectivity index (χ4v) is 1.53. The minimum absolute atomic E-state index is 0.314. The summed E-state index contributed by atoms with van der Waals surface area (Å²) in [7, 11) is 1.58. The molecule has 1 rings (SSSR count). The predicted octanol–water partition coefficient (Wildman–Crippen LogP) is 2.10. The fraction of sp³-hybridized carbons (Fsp3) is 0.364.